The first kappa shape index (κ1) is 6.84. The minimum atomic E-state index is 0.547. The van der Waals surface area contributed by atoms with Crippen LogP contribution in [-0.4, -0.2) is 25.4 Å². The number of nitrogens with one attached hydrogen (secondary N) is 1. The predicted molar refractivity (Wildman–Crippen MR) is 38.6 cm³/mol. The first-order chi connectivity index (χ1) is 5.86. The Morgan fingerprint density at radius 3 is 2.92 bits per heavy atom. The lowest BCUT2D eigenvalue weighted by molar-refractivity contribution is -0.783. The van der Waals surface area contributed by atoms with E-state index in [-0.39, 0.29) is 0 Å². The lowest BCUT2D eigenvalue weighted by Gasteiger charge is -1.83. The minimum absolute atomic E-state index is 0.547. The lowest BCUT2D eigenvalue weighted by atomic mass is 10.4. The summed E-state index contributed by atoms with van der Waals surface area (Å²) in [5, 5.41) is 10.6. The van der Waals surface area contributed by atoms with Crippen LogP contribution in [0.4, 0.5) is 0 Å². The number of aromatic amines is 1. The van der Waals surface area contributed by atoms with Gasteiger partial charge in [-0.05, 0) is 10.3 Å². The van der Waals surface area contributed by atoms with Crippen molar-refractivity contribution in [1.29, 1.82) is 0 Å². The topological polar surface area (TPSA) is 71.2 Å². The molecular weight excluding hydrogens is 156 g/mol. The predicted octanol–water partition coefficient (Wildman–Crippen LogP) is -0.914. The van der Waals surface area contributed by atoms with E-state index in [4.69, 9.17) is 0 Å². The molecule has 2 aromatic rings. The van der Waals surface area contributed by atoms with Crippen LogP contribution >= 0.6 is 0 Å². The van der Waals surface area contributed by atoms with Crippen LogP contribution < -0.4 is 4.80 Å². The van der Waals surface area contributed by atoms with E-state index in [1.54, 1.807) is 25.6 Å². The van der Waals surface area contributed by atoms with Gasteiger partial charge in [0.05, 0.1) is 11.3 Å². The number of aryl methyl sites for hydroxylation is 1. The molecule has 0 saturated carbocycles. The van der Waals surface area contributed by atoms with Crippen LogP contribution in [0.2, 0.25) is 0 Å². The van der Waals surface area contributed by atoms with Crippen molar-refractivity contribution in [3.05, 3.63) is 18.6 Å². The van der Waals surface area contributed by atoms with Gasteiger partial charge in [-0.25, -0.2) is 4.98 Å². The fraction of sp³-hybridized carbons (Fsp3) is 0.167. The fourth-order valence-corrected chi connectivity index (χ4v) is 0.830. The molecule has 0 unspecified atom stereocenters. The molecule has 0 saturated heterocycles. The van der Waals surface area contributed by atoms with Crippen molar-refractivity contribution in [3.63, 3.8) is 0 Å². The average molecular weight is 163 g/mol. The maximum atomic E-state index is 4.04. The molecule has 0 fully saturated rings. The first-order valence-corrected chi connectivity index (χ1v) is 3.41. The molecule has 6 heteroatoms. The van der Waals surface area contributed by atoms with E-state index >= 15 is 0 Å². The summed E-state index contributed by atoms with van der Waals surface area (Å²) in [4.78, 5) is 9.45. The van der Waals surface area contributed by atoms with Gasteiger partial charge in [-0.3, -0.25) is 4.98 Å². The van der Waals surface area contributed by atoms with E-state index in [9.17, 15) is 0 Å². The summed E-state index contributed by atoms with van der Waals surface area (Å²) in [6, 6.07) is 0. The van der Waals surface area contributed by atoms with E-state index < -0.39 is 0 Å². The Balaban J connectivity index is 2.45. The van der Waals surface area contributed by atoms with Crippen molar-refractivity contribution < 1.29 is 4.80 Å². The molecule has 2 heterocycles. The third-order valence-electron chi connectivity index (χ3n) is 1.34. The molecule has 0 aliphatic carbocycles. The van der Waals surface area contributed by atoms with Gasteiger partial charge >= 0.3 is 5.82 Å². The molecule has 0 aliphatic rings. The van der Waals surface area contributed by atoms with Crippen molar-refractivity contribution in [1.82, 2.24) is 25.4 Å². The molecule has 60 valence electrons. The molecule has 0 spiro atoms. The second kappa shape index (κ2) is 2.65. The highest BCUT2D eigenvalue weighted by molar-refractivity contribution is 5.43. The number of hydrogen-bond acceptors (Lipinski definition) is 4. The molecule has 0 atom stereocenters. The van der Waals surface area contributed by atoms with E-state index in [1.807, 2.05) is 0 Å². The molecule has 12 heavy (non-hydrogen) atoms. The van der Waals surface area contributed by atoms with Crippen molar-refractivity contribution >= 4 is 0 Å². The molecule has 1 N–H and O–H groups in total. The largest absolute Gasteiger partial charge is 0.358 e. The van der Waals surface area contributed by atoms with Crippen LogP contribution in [0, 0.1) is 0 Å². The zero-order valence-corrected chi connectivity index (χ0v) is 6.47. The Kier molecular flexibility index (Phi) is 1.51. The quantitative estimate of drug-likeness (QED) is 0.552. The molecule has 2 rings (SSSR count). The smallest absolute Gasteiger partial charge is 0.261 e. The molecule has 0 amide bonds. The Bertz CT molecular complexity index is 367. The van der Waals surface area contributed by atoms with Gasteiger partial charge in [0.25, 0.3) is 0 Å². The van der Waals surface area contributed by atoms with Gasteiger partial charge in [-0.2, -0.15) is 0 Å². The van der Waals surface area contributed by atoms with Crippen molar-refractivity contribution in [2.45, 2.75) is 0 Å². The van der Waals surface area contributed by atoms with Crippen molar-refractivity contribution in [3.8, 4) is 11.5 Å². The molecule has 0 aromatic carbocycles. The Morgan fingerprint density at radius 2 is 2.33 bits per heavy atom. The van der Waals surface area contributed by atoms with Gasteiger partial charge < -0.3 is 0 Å². The molecule has 6 nitrogen and oxygen atoms in total. The lowest BCUT2D eigenvalue weighted by Crippen LogP contribution is -2.33. The summed E-state index contributed by atoms with van der Waals surface area (Å²) < 4.78 is 0. The third kappa shape index (κ3) is 1.14. The fourth-order valence-electron chi connectivity index (χ4n) is 0.830. The molecule has 0 aliphatic heterocycles. The SMILES string of the molecule is C[n+]1nc(-c2cnccn2)n[nH]1. The number of rotatable bonds is 1. The van der Waals surface area contributed by atoms with Gasteiger partial charge in [0.1, 0.15) is 7.05 Å². The maximum Gasteiger partial charge on any atom is 0.358 e. The average Bonchev–Trinajstić information content (AvgIpc) is 2.54. The zero-order valence-electron chi connectivity index (χ0n) is 6.47. The van der Waals surface area contributed by atoms with Gasteiger partial charge in [-0.1, -0.05) is 4.80 Å². The van der Waals surface area contributed by atoms with Gasteiger partial charge in [-0.15, -0.1) is 0 Å². The molecular formula is C6H7N6+. The van der Waals surface area contributed by atoms with Crippen LogP contribution in [0.15, 0.2) is 18.6 Å². The Hall–Kier alpha value is -1.85. The second-order valence-electron chi connectivity index (χ2n) is 2.25. The summed E-state index contributed by atoms with van der Waals surface area (Å²) in [5.74, 6) is 0.547. The van der Waals surface area contributed by atoms with E-state index in [0.29, 0.717) is 11.5 Å². The number of H-pyrrole nitrogens is 1. The summed E-state index contributed by atoms with van der Waals surface area (Å²) in [7, 11) is 1.76. The third-order valence-corrected chi connectivity index (χ3v) is 1.34. The summed E-state index contributed by atoms with van der Waals surface area (Å²) >= 11 is 0. The van der Waals surface area contributed by atoms with Crippen LogP contribution in [0.25, 0.3) is 11.5 Å². The van der Waals surface area contributed by atoms with Gasteiger partial charge in [0, 0.05) is 12.4 Å². The van der Waals surface area contributed by atoms with Gasteiger partial charge in [0.15, 0.2) is 5.69 Å². The zero-order chi connectivity index (χ0) is 8.39. The van der Waals surface area contributed by atoms with Crippen molar-refractivity contribution in [2.24, 2.45) is 7.05 Å². The number of tetrazole rings is 1. The van der Waals surface area contributed by atoms with E-state index in [2.05, 4.69) is 25.4 Å². The highest BCUT2D eigenvalue weighted by Crippen LogP contribution is 2.03. The van der Waals surface area contributed by atoms with Gasteiger partial charge in [0.2, 0.25) is 0 Å². The van der Waals surface area contributed by atoms with Crippen LogP contribution in [0.3, 0.4) is 0 Å². The van der Waals surface area contributed by atoms with Crippen LogP contribution in [0.1, 0.15) is 0 Å². The summed E-state index contributed by atoms with van der Waals surface area (Å²) in [6.45, 7) is 0. The van der Waals surface area contributed by atoms with Crippen LogP contribution in [0.5, 0.6) is 0 Å². The molecule has 0 radical (unpaired) electrons. The number of hydrogen-bond donors (Lipinski definition) is 1. The van der Waals surface area contributed by atoms with Crippen LogP contribution in [-0.2, 0) is 7.05 Å². The number of aromatic nitrogens is 6. The van der Waals surface area contributed by atoms with E-state index in [0.717, 1.165) is 0 Å². The standard InChI is InChI=1S/C6H6N6/c1-12-10-6(9-11-12)5-4-7-2-3-8-5/h2-4H,1H3/p+1. The van der Waals surface area contributed by atoms with E-state index in [1.165, 1.54) is 4.80 Å². The highest BCUT2D eigenvalue weighted by Gasteiger charge is 2.12. The Labute approximate surface area is 68.3 Å². The second-order valence-corrected chi connectivity index (χ2v) is 2.25. The summed E-state index contributed by atoms with van der Waals surface area (Å²) in [6.07, 6.45) is 4.82. The first-order valence-electron chi connectivity index (χ1n) is 3.41. The monoisotopic (exact) mass is 163 g/mol. The normalized spacial score (nSPS) is 10.1. The maximum absolute atomic E-state index is 4.04. The van der Waals surface area contributed by atoms with Crippen molar-refractivity contribution in [2.75, 3.05) is 0 Å². The highest BCUT2D eigenvalue weighted by atomic mass is 15.6. The Morgan fingerprint density at radius 1 is 1.42 bits per heavy atom. The summed E-state index contributed by atoms with van der Waals surface area (Å²) in [5.41, 5.74) is 0.661. The number of nitrogens with zero attached hydrogens (tertiary/aromatic N) is 5. The molecule has 0 bridgehead atoms. The minimum Gasteiger partial charge on any atom is -0.261 e. The molecule has 2 aromatic heterocycles.